The lowest BCUT2D eigenvalue weighted by atomic mass is 10.2. The molecule has 5 heteroatoms. The molecule has 0 atom stereocenters. The van der Waals surface area contributed by atoms with Gasteiger partial charge in [0.25, 0.3) is 0 Å². The summed E-state index contributed by atoms with van der Waals surface area (Å²) in [6, 6.07) is 16.8. The highest BCUT2D eigenvalue weighted by Crippen LogP contribution is 2.19. The van der Waals surface area contributed by atoms with Crippen LogP contribution in [0, 0.1) is 0 Å². The summed E-state index contributed by atoms with van der Waals surface area (Å²) in [5.74, 6) is 6.42. The van der Waals surface area contributed by atoms with Crippen LogP contribution in [0.3, 0.4) is 0 Å². The highest BCUT2D eigenvalue weighted by Gasteiger charge is 2.06. The molecule has 5 nitrogen and oxygen atoms in total. The Balaban J connectivity index is 2.00. The average molecular weight is 272 g/mol. The fraction of sp³-hybridized carbons (Fsp3) is 0.133. The Bertz CT molecular complexity index is 555. The maximum absolute atomic E-state index is 11.0. The van der Waals surface area contributed by atoms with Crippen LogP contribution in [0.15, 0.2) is 54.6 Å². The first-order valence-corrected chi connectivity index (χ1v) is 6.11. The SMILES string of the molecule is COC(=O)Oc1ccc(N(N)Cc2ccccc2)cc1. The van der Waals surface area contributed by atoms with Crippen LogP contribution >= 0.6 is 0 Å². The van der Waals surface area contributed by atoms with Crippen molar-refractivity contribution in [3.63, 3.8) is 0 Å². The molecule has 2 rings (SSSR count). The highest BCUT2D eigenvalue weighted by molar-refractivity contribution is 5.64. The minimum absolute atomic E-state index is 0.411. The molecule has 0 unspecified atom stereocenters. The summed E-state index contributed by atoms with van der Waals surface area (Å²) in [4.78, 5) is 11.0. The fourth-order valence-corrected chi connectivity index (χ4v) is 1.71. The third kappa shape index (κ3) is 3.73. The molecular weight excluding hydrogens is 256 g/mol. The predicted octanol–water partition coefficient (Wildman–Crippen LogP) is 2.71. The van der Waals surface area contributed by atoms with E-state index >= 15 is 0 Å². The van der Waals surface area contributed by atoms with Crippen molar-refractivity contribution in [2.45, 2.75) is 6.54 Å². The number of carbonyl (C=O) groups is 1. The molecule has 0 aliphatic carbocycles. The number of hydrogen-bond acceptors (Lipinski definition) is 5. The first kappa shape index (κ1) is 13.9. The maximum Gasteiger partial charge on any atom is 0.513 e. The van der Waals surface area contributed by atoms with E-state index in [4.69, 9.17) is 10.6 Å². The minimum Gasteiger partial charge on any atom is -0.437 e. The summed E-state index contributed by atoms with van der Waals surface area (Å²) < 4.78 is 9.31. The minimum atomic E-state index is -0.744. The van der Waals surface area contributed by atoms with Crippen LogP contribution in [-0.4, -0.2) is 13.3 Å². The Kier molecular flexibility index (Phi) is 4.57. The highest BCUT2D eigenvalue weighted by atomic mass is 16.7. The Hall–Kier alpha value is -2.53. The van der Waals surface area contributed by atoms with Gasteiger partial charge in [-0.25, -0.2) is 10.6 Å². The number of carbonyl (C=O) groups excluding carboxylic acids is 1. The zero-order valence-electron chi connectivity index (χ0n) is 11.2. The normalized spacial score (nSPS) is 9.90. The van der Waals surface area contributed by atoms with Crippen LogP contribution in [0.4, 0.5) is 10.5 Å². The molecule has 0 aliphatic heterocycles. The summed E-state index contributed by atoms with van der Waals surface area (Å²) in [5, 5.41) is 1.62. The van der Waals surface area contributed by atoms with Crippen molar-refractivity contribution in [1.82, 2.24) is 0 Å². The number of anilines is 1. The predicted molar refractivity (Wildman–Crippen MR) is 76.3 cm³/mol. The van der Waals surface area contributed by atoms with Crippen LogP contribution in [0.25, 0.3) is 0 Å². The molecule has 2 aromatic carbocycles. The van der Waals surface area contributed by atoms with E-state index in [0.717, 1.165) is 11.3 Å². The summed E-state index contributed by atoms with van der Waals surface area (Å²) in [5.41, 5.74) is 1.94. The van der Waals surface area contributed by atoms with E-state index in [-0.39, 0.29) is 0 Å². The third-order valence-corrected chi connectivity index (χ3v) is 2.73. The topological polar surface area (TPSA) is 64.8 Å². The molecule has 0 aliphatic rings. The first-order valence-electron chi connectivity index (χ1n) is 6.11. The van der Waals surface area contributed by atoms with Crippen molar-refractivity contribution in [1.29, 1.82) is 0 Å². The maximum atomic E-state index is 11.0. The van der Waals surface area contributed by atoms with Gasteiger partial charge in [0.05, 0.1) is 19.3 Å². The fourth-order valence-electron chi connectivity index (χ4n) is 1.71. The second-order valence-electron chi connectivity index (χ2n) is 4.16. The molecule has 0 radical (unpaired) electrons. The molecular formula is C15H16N2O3. The lowest BCUT2D eigenvalue weighted by molar-refractivity contribution is 0.121. The van der Waals surface area contributed by atoms with Crippen LogP contribution in [-0.2, 0) is 11.3 Å². The van der Waals surface area contributed by atoms with Crippen molar-refractivity contribution in [2.24, 2.45) is 5.84 Å². The number of benzene rings is 2. The molecule has 20 heavy (non-hydrogen) atoms. The molecule has 0 saturated heterocycles. The van der Waals surface area contributed by atoms with Gasteiger partial charge in [0.15, 0.2) is 0 Å². The summed E-state index contributed by atoms with van der Waals surface area (Å²) in [7, 11) is 1.26. The summed E-state index contributed by atoms with van der Waals surface area (Å²) >= 11 is 0. The number of nitrogens with zero attached hydrogens (tertiary/aromatic N) is 1. The van der Waals surface area contributed by atoms with Gasteiger partial charge in [0.1, 0.15) is 5.75 Å². The molecule has 0 bridgehead atoms. The van der Waals surface area contributed by atoms with Crippen molar-refractivity contribution in [3.05, 3.63) is 60.2 Å². The van der Waals surface area contributed by atoms with Crippen LogP contribution in [0.1, 0.15) is 5.56 Å². The number of methoxy groups -OCH3 is 1. The van der Waals surface area contributed by atoms with Gasteiger partial charge in [0.2, 0.25) is 0 Å². The Morgan fingerprint density at radius 3 is 2.35 bits per heavy atom. The summed E-state index contributed by atoms with van der Waals surface area (Å²) in [6.45, 7) is 0.595. The molecule has 0 spiro atoms. The van der Waals surface area contributed by atoms with Gasteiger partial charge in [-0.05, 0) is 29.8 Å². The van der Waals surface area contributed by atoms with Crippen molar-refractivity contribution >= 4 is 11.8 Å². The van der Waals surface area contributed by atoms with Crippen LogP contribution < -0.4 is 15.6 Å². The lowest BCUT2D eigenvalue weighted by Gasteiger charge is -2.19. The Labute approximate surface area is 117 Å². The molecule has 0 aromatic heterocycles. The van der Waals surface area contributed by atoms with Crippen molar-refractivity contribution in [2.75, 3.05) is 12.1 Å². The molecule has 2 N–H and O–H groups in total. The summed E-state index contributed by atoms with van der Waals surface area (Å²) in [6.07, 6.45) is -0.744. The van der Waals surface area contributed by atoms with Crippen LogP contribution in [0.5, 0.6) is 5.75 Å². The van der Waals surface area contributed by atoms with E-state index in [2.05, 4.69) is 4.74 Å². The largest absolute Gasteiger partial charge is 0.513 e. The van der Waals surface area contributed by atoms with Gasteiger partial charge >= 0.3 is 6.16 Å². The van der Waals surface area contributed by atoms with Gasteiger partial charge in [-0.1, -0.05) is 30.3 Å². The average Bonchev–Trinajstić information content (AvgIpc) is 2.49. The van der Waals surface area contributed by atoms with Gasteiger partial charge in [-0.15, -0.1) is 0 Å². The monoisotopic (exact) mass is 272 g/mol. The van der Waals surface area contributed by atoms with E-state index < -0.39 is 6.16 Å². The molecule has 0 saturated carbocycles. The molecule has 0 amide bonds. The lowest BCUT2D eigenvalue weighted by Crippen LogP contribution is -2.29. The van der Waals surface area contributed by atoms with Crippen molar-refractivity contribution in [3.8, 4) is 5.75 Å². The number of nitrogens with two attached hydrogens (primary N) is 1. The third-order valence-electron chi connectivity index (χ3n) is 2.73. The molecule has 104 valence electrons. The number of hydrogen-bond donors (Lipinski definition) is 1. The second-order valence-corrected chi connectivity index (χ2v) is 4.16. The molecule has 0 fully saturated rings. The second kappa shape index (κ2) is 6.58. The number of ether oxygens (including phenoxy) is 2. The number of hydrazine groups is 1. The quantitative estimate of drug-likeness (QED) is 0.401. The van der Waals surface area contributed by atoms with Gasteiger partial charge in [-0.2, -0.15) is 0 Å². The zero-order chi connectivity index (χ0) is 14.4. The Morgan fingerprint density at radius 1 is 1.10 bits per heavy atom. The van der Waals surface area contributed by atoms with Crippen LogP contribution in [0.2, 0.25) is 0 Å². The van der Waals surface area contributed by atoms with Gasteiger partial charge in [0, 0.05) is 0 Å². The van der Waals surface area contributed by atoms with E-state index in [1.54, 1.807) is 29.3 Å². The zero-order valence-corrected chi connectivity index (χ0v) is 11.2. The molecule has 2 aromatic rings. The van der Waals surface area contributed by atoms with Gasteiger partial charge in [-0.3, -0.25) is 0 Å². The first-order chi connectivity index (χ1) is 9.69. The van der Waals surface area contributed by atoms with E-state index in [9.17, 15) is 4.79 Å². The van der Waals surface area contributed by atoms with Crippen molar-refractivity contribution < 1.29 is 14.3 Å². The smallest absolute Gasteiger partial charge is 0.437 e. The van der Waals surface area contributed by atoms with E-state index in [1.807, 2.05) is 30.3 Å². The Morgan fingerprint density at radius 2 is 1.75 bits per heavy atom. The van der Waals surface area contributed by atoms with E-state index in [0.29, 0.717) is 12.3 Å². The molecule has 0 heterocycles. The standard InChI is InChI=1S/C15H16N2O3/c1-19-15(18)20-14-9-7-13(8-10-14)17(16)11-12-5-3-2-4-6-12/h2-10H,11,16H2,1H3. The van der Waals surface area contributed by atoms with Gasteiger partial charge < -0.3 is 14.5 Å². The van der Waals surface area contributed by atoms with E-state index in [1.165, 1.54) is 7.11 Å². The number of rotatable bonds is 4.